The fourth-order valence-electron chi connectivity index (χ4n) is 1.50. The van der Waals surface area contributed by atoms with Crippen LogP contribution in [0.25, 0.3) is 0 Å². The molecule has 1 heterocycles. The van der Waals surface area contributed by atoms with Crippen LogP contribution in [-0.2, 0) is 0 Å². The van der Waals surface area contributed by atoms with Gasteiger partial charge in [-0.15, -0.1) is 0 Å². The van der Waals surface area contributed by atoms with Crippen molar-refractivity contribution in [2.45, 2.75) is 6.92 Å². The Bertz CT molecular complexity index is 519. The zero-order valence-corrected chi connectivity index (χ0v) is 9.34. The largest absolute Gasteiger partial charge is 0.399 e. The van der Waals surface area contributed by atoms with Crippen molar-refractivity contribution in [1.29, 1.82) is 0 Å². The first-order valence-electron chi connectivity index (χ1n) is 5.10. The van der Waals surface area contributed by atoms with Gasteiger partial charge in [-0.05, 0) is 30.7 Å². The van der Waals surface area contributed by atoms with Crippen molar-refractivity contribution in [3.63, 3.8) is 0 Å². The Hall–Kier alpha value is -2.43. The summed E-state index contributed by atoms with van der Waals surface area (Å²) in [6, 6.07) is 5.19. The molecule has 0 saturated heterocycles. The maximum Gasteiger partial charge on any atom is 0.256 e. The second-order valence-corrected chi connectivity index (χ2v) is 3.68. The molecule has 0 saturated carbocycles. The number of rotatable bonds is 2. The molecule has 0 aliphatic heterocycles. The predicted molar refractivity (Wildman–Crippen MR) is 65.6 cm³/mol. The molecule has 5 nitrogen and oxygen atoms in total. The summed E-state index contributed by atoms with van der Waals surface area (Å²) in [5.41, 5.74) is 7.69. The van der Waals surface area contributed by atoms with E-state index < -0.39 is 0 Å². The molecule has 0 bridgehead atoms. The van der Waals surface area contributed by atoms with Gasteiger partial charge in [-0.1, -0.05) is 0 Å². The fraction of sp³-hybridized carbons (Fsp3) is 0.0833. The van der Waals surface area contributed by atoms with Gasteiger partial charge in [0, 0.05) is 23.6 Å². The molecular weight excluding hydrogens is 216 g/mol. The second kappa shape index (κ2) is 4.61. The number of aryl methyl sites for hydroxylation is 1. The Kier molecular flexibility index (Phi) is 3.00. The molecule has 0 aliphatic carbocycles. The van der Waals surface area contributed by atoms with E-state index in [0.29, 0.717) is 17.1 Å². The van der Waals surface area contributed by atoms with Gasteiger partial charge in [-0.25, -0.2) is 4.98 Å². The standard InChI is InChI=1S/C12H12N4O/c1-8-4-9(6-10(13)5-8)12(17)16-11-7-14-2-3-15-11/h2-7H,13H2,1H3,(H,15,16,17). The van der Waals surface area contributed by atoms with Gasteiger partial charge >= 0.3 is 0 Å². The van der Waals surface area contributed by atoms with Crippen LogP contribution in [-0.4, -0.2) is 15.9 Å². The molecule has 1 aromatic heterocycles. The number of amides is 1. The Morgan fingerprint density at radius 1 is 1.29 bits per heavy atom. The van der Waals surface area contributed by atoms with E-state index >= 15 is 0 Å². The average Bonchev–Trinajstić information content (AvgIpc) is 2.29. The summed E-state index contributed by atoms with van der Waals surface area (Å²) >= 11 is 0. The minimum Gasteiger partial charge on any atom is -0.399 e. The number of nitrogen functional groups attached to an aromatic ring is 1. The number of aromatic nitrogens is 2. The summed E-state index contributed by atoms with van der Waals surface area (Å²) < 4.78 is 0. The molecule has 2 aromatic rings. The van der Waals surface area contributed by atoms with Crippen LogP contribution in [0, 0.1) is 6.92 Å². The van der Waals surface area contributed by atoms with Crippen LogP contribution >= 0.6 is 0 Å². The quantitative estimate of drug-likeness (QED) is 0.765. The maximum absolute atomic E-state index is 11.9. The van der Waals surface area contributed by atoms with E-state index in [1.54, 1.807) is 24.4 Å². The number of hydrogen-bond donors (Lipinski definition) is 2. The molecule has 0 radical (unpaired) electrons. The highest BCUT2D eigenvalue weighted by molar-refractivity contribution is 6.04. The van der Waals surface area contributed by atoms with Crippen molar-refractivity contribution >= 4 is 17.4 Å². The molecule has 0 fully saturated rings. The molecule has 17 heavy (non-hydrogen) atoms. The van der Waals surface area contributed by atoms with E-state index in [4.69, 9.17) is 5.73 Å². The minimum absolute atomic E-state index is 0.249. The lowest BCUT2D eigenvalue weighted by atomic mass is 10.1. The number of nitrogens with two attached hydrogens (primary N) is 1. The molecule has 0 spiro atoms. The van der Waals surface area contributed by atoms with Crippen LogP contribution in [0.15, 0.2) is 36.8 Å². The normalized spacial score (nSPS) is 9.94. The van der Waals surface area contributed by atoms with Crippen molar-refractivity contribution in [2.24, 2.45) is 0 Å². The first-order valence-corrected chi connectivity index (χ1v) is 5.10. The van der Waals surface area contributed by atoms with Crippen molar-refractivity contribution in [3.8, 4) is 0 Å². The summed E-state index contributed by atoms with van der Waals surface area (Å²) in [7, 11) is 0. The lowest BCUT2D eigenvalue weighted by molar-refractivity contribution is 0.102. The summed E-state index contributed by atoms with van der Waals surface area (Å²) in [6.45, 7) is 1.88. The van der Waals surface area contributed by atoms with Gasteiger partial charge < -0.3 is 11.1 Å². The molecule has 2 rings (SSSR count). The molecule has 5 heteroatoms. The number of anilines is 2. The van der Waals surface area contributed by atoms with Crippen LogP contribution in [0.4, 0.5) is 11.5 Å². The third-order valence-corrected chi connectivity index (χ3v) is 2.17. The maximum atomic E-state index is 11.9. The van der Waals surface area contributed by atoms with Crippen molar-refractivity contribution in [3.05, 3.63) is 47.9 Å². The predicted octanol–water partition coefficient (Wildman–Crippen LogP) is 1.62. The van der Waals surface area contributed by atoms with Gasteiger partial charge in [0.25, 0.3) is 5.91 Å². The van der Waals surface area contributed by atoms with Gasteiger partial charge in [0.05, 0.1) is 6.20 Å². The second-order valence-electron chi connectivity index (χ2n) is 3.68. The number of benzene rings is 1. The molecule has 1 amide bonds. The zero-order chi connectivity index (χ0) is 12.3. The number of hydrogen-bond acceptors (Lipinski definition) is 4. The average molecular weight is 228 g/mol. The molecule has 0 unspecified atom stereocenters. The SMILES string of the molecule is Cc1cc(N)cc(C(=O)Nc2cnccn2)c1. The number of nitrogens with zero attached hydrogens (tertiary/aromatic N) is 2. The zero-order valence-electron chi connectivity index (χ0n) is 9.34. The lowest BCUT2D eigenvalue weighted by Crippen LogP contribution is -2.13. The van der Waals surface area contributed by atoms with E-state index in [1.165, 1.54) is 12.4 Å². The smallest absolute Gasteiger partial charge is 0.256 e. The van der Waals surface area contributed by atoms with Gasteiger partial charge in [0.15, 0.2) is 5.82 Å². The number of nitrogens with one attached hydrogen (secondary N) is 1. The van der Waals surface area contributed by atoms with E-state index in [1.807, 2.05) is 6.92 Å². The van der Waals surface area contributed by atoms with Gasteiger partial charge in [0.1, 0.15) is 0 Å². The first kappa shape index (κ1) is 11.1. The molecular formula is C12H12N4O. The van der Waals surface area contributed by atoms with Crippen molar-refractivity contribution in [1.82, 2.24) is 9.97 Å². The molecule has 3 N–H and O–H groups in total. The summed E-state index contributed by atoms with van der Waals surface area (Å²) in [5, 5.41) is 2.64. The molecule has 1 aromatic carbocycles. The van der Waals surface area contributed by atoms with E-state index in [0.717, 1.165) is 5.56 Å². The summed E-state index contributed by atoms with van der Waals surface area (Å²) in [5.74, 6) is 0.165. The van der Waals surface area contributed by atoms with Gasteiger partial charge in [0.2, 0.25) is 0 Å². The van der Waals surface area contributed by atoms with E-state index in [9.17, 15) is 4.79 Å². The summed E-state index contributed by atoms with van der Waals surface area (Å²) in [4.78, 5) is 19.7. The highest BCUT2D eigenvalue weighted by Gasteiger charge is 2.07. The Morgan fingerprint density at radius 3 is 2.76 bits per heavy atom. The van der Waals surface area contributed by atoms with E-state index in [-0.39, 0.29) is 5.91 Å². The first-order chi connectivity index (χ1) is 8.15. The highest BCUT2D eigenvalue weighted by Crippen LogP contribution is 2.12. The van der Waals surface area contributed by atoms with E-state index in [2.05, 4.69) is 15.3 Å². The van der Waals surface area contributed by atoms with Crippen LogP contribution in [0.3, 0.4) is 0 Å². The van der Waals surface area contributed by atoms with Crippen LogP contribution in [0.1, 0.15) is 15.9 Å². The summed E-state index contributed by atoms with van der Waals surface area (Å²) in [6.07, 6.45) is 4.54. The fourth-order valence-corrected chi connectivity index (χ4v) is 1.50. The Labute approximate surface area is 98.7 Å². The monoisotopic (exact) mass is 228 g/mol. The molecule has 0 aliphatic rings. The van der Waals surface area contributed by atoms with Gasteiger partial charge in [-0.3, -0.25) is 9.78 Å². The number of carbonyl (C=O) groups excluding carboxylic acids is 1. The molecule has 86 valence electrons. The van der Waals surface area contributed by atoms with Crippen molar-refractivity contribution in [2.75, 3.05) is 11.1 Å². The third kappa shape index (κ3) is 2.78. The topological polar surface area (TPSA) is 80.9 Å². The van der Waals surface area contributed by atoms with Crippen LogP contribution in [0.2, 0.25) is 0 Å². The van der Waals surface area contributed by atoms with Crippen LogP contribution < -0.4 is 11.1 Å². The van der Waals surface area contributed by atoms with Crippen LogP contribution in [0.5, 0.6) is 0 Å². The molecule has 0 atom stereocenters. The highest BCUT2D eigenvalue weighted by atomic mass is 16.1. The van der Waals surface area contributed by atoms with Gasteiger partial charge in [-0.2, -0.15) is 0 Å². The third-order valence-electron chi connectivity index (χ3n) is 2.17. The lowest BCUT2D eigenvalue weighted by Gasteiger charge is -2.05. The minimum atomic E-state index is -0.249. The Morgan fingerprint density at radius 2 is 2.12 bits per heavy atom. The number of carbonyl (C=O) groups is 1. The Balaban J connectivity index is 2.20. The van der Waals surface area contributed by atoms with Crippen molar-refractivity contribution < 1.29 is 4.79 Å².